The van der Waals surface area contributed by atoms with Crippen LogP contribution in [-0.2, 0) is 11.0 Å². The first-order valence-electron chi connectivity index (χ1n) is 7.21. The number of piperidine rings is 1. The maximum Gasteiger partial charge on any atom is 0.451 e. The van der Waals surface area contributed by atoms with Gasteiger partial charge in [0.15, 0.2) is 0 Å². The fourth-order valence-electron chi connectivity index (χ4n) is 2.61. The van der Waals surface area contributed by atoms with Crippen molar-refractivity contribution in [1.29, 1.82) is 0 Å². The Morgan fingerprint density at radius 1 is 1.26 bits per heavy atom. The summed E-state index contributed by atoms with van der Waals surface area (Å²) in [5, 5.41) is 8.76. The number of aromatic nitrogens is 2. The number of hydrogen-bond acceptors (Lipinski definition) is 4. The Morgan fingerprint density at radius 2 is 1.91 bits per heavy atom. The van der Waals surface area contributed by atoms with Gasteiger partial charge in [0.1, 0.15) is 0 Å². The molecule has 23 heavy (non-hydrogen) atoms. The zero-order valence-electron chi connectivity index (χ0n) is 12.2. The number of halogens is 3. The topological polar surface area (TPSA) is 83.4 Å². The molecule has 1 saturated heterocycles. The summed E-state index contributed by atoms with van der Waals surface area (Å²) in [5.74, 6) is -2.70. The van der Waals surface area contributed by atoms with E-state index >= 15 is 0 Å². The lowest BCUT2D eigenvalue weighted by atomic mass is 9.97. The van der Waals surface area contributed by atoms with Crippen molar-refractivity contribution >= 4 is 11.9 Å². The van der Waals surface area contributed by atoms with Crippen LogP contribution >= 0.6 is 0 Å². The van der Waals surface area contributed by atoms with Crippen LogP contribution in [0, 0.1) is 0 Å². The maximum absolute atomic E-state index is 12.4. The van der Waals surface area contributed by atoms with Gasteiger partial charge in [0.2, 0.25) is 5.82 Å². The van der Waals surface area contributed by atoms with E-state index in [1.165, 1.54) is 4.90 Å². The number of alkyl halides is 3. The summed E-state index contributed by atoms with van der Waals surface area (Å²) in [6.45, 7) is 0.449. The van der Waals surface area contributed by atoms with Gasteiger partial charge < -0.3 is 10.0 Å². The zero-order valence-corrected chi connectivity index (χ0v) is 12.2. The van der Waals surface area contributed by atoms with E-state index in [1.54, 1.807) is 0 Å². The molecule has 0 aromatic carbocycles. The van der Waals surface area contributed by atoms with E-state index in [4.69, 9.17) is 5.11 Å². The highest BCUT2D eigenvalue weighted by Crippen LogP contribution is 2.26. The van der Waals surface area contributed by atoms with Gasteiger partial charge in [-0.05, 0) is 25.7 Å². The van der Waals surface area contributed by atoms with Crippen LogP contribution in [0.25, 0.3) is 0 Å². The van der Waals surface area contributed by atoms with Gasteiger partial charge in [0.25, 0.3) is 5.91 Å². The van der Waals surface area contributed by atoms with Crippen molar-refractivity contribution < 1.29 is 27.9 Å². The Kier molecular flexibility index (Phi) is 5.17. The molecule has 1 N–H and O–H groups in total. The normalized spacial score (nSPS) is 18.7. The molecule has 1 unspecified atom stereocenters. The van der Waals surface area contributed by atoms with Gasteiger partial charge in [-0.15, -0.1) is 0 Å². The smallest absolute Gasteiger partial charge is 0.451 e. The fraction of sp³-hybridized carbons (Fsp3) is 0.571. The molecule has 1 aliphatic rings. The van der Waals surface area contributed by atoms with Crippen molar-refractivity contribution in [3.8, 4) is 0 Å². The highest BCUT2D eigenvalue weighted by atomic mass is 19.4. The van der Waals surface area contributed by atoms with Gasteiger partial charge in [0.05, 0.1) is 5.56 Å². The number of rotatable bonds is 4. The minimum absolute atomic E-state index is 0.0276. The Balaban J connectivity index is 2.11. The van der Waals surface area contributed by atoms with E-state index in [-0.39, 0.29) is 18.0 Å². The average molecular weight is 331 g/mol. The summed E-state index contributed by atoms with van der Waals surface area (Å²) in [7, 11) is 0. The summed E-state index contributed by atoms with van der Waals surface area (Å²) < 4.78 is 37.3. The lowest BCUT2D eigenvalue weighted by Gasteiger charge is -2.35. The number of nitrogens with zero attached hydrogens (tertiary/aromatic N) is 3. The Morgan fingerprint density at radius 3 is 2.48 bits per heavy atom. The minimum Gasteiger partial charge on any atom is -0.481 e. The third-order valence-corrected chi connectivity index (χ3v) is 3.73. The first-order chi connectivity index (χ1) is 10.8. The molecular formula is C14H16F3N3O3. The molecule has 1 aliphatic heterocycles. The predicted molar refractivity (Wildman–Crippen MR) is 72.6 cm³/mol. The number of hydrogen-bond donors (Lipinski definition) is 1. The Labute approximate surface area is 130 Å². The number of likely N-dealkylation sites (tertiary alicyclic amines) is 1. The standard InChI is InChI=1S/C14H16F3N3O3/c15-14(16,17)13-18-7-9(8-19-13)12(23)20-6-2-1-3-10(20)4-5-11(21)22/h7-8,10H,1-6H2,(H,21,22). The third kappa shape index (κ3) is 4.40. The molecule has 1 aromatic rings. The van der Waals surface area contributed by atoms with Crippen molar-refractivity contribution in [1.82, 2.24) is 14.9 Å². The molecule has 2 rings (SSSR count). The molecule has 1 atom stereocenters. The lowest BCUT2D eigenvalue weighted by molar-refractivity contribution is -0.145. The summed E-state index contributed by atoms with van der Waals surface area (Å²) in [4.78, 5) is 31.0. The Hall–Kier alpha value is -2.19. The highest BCUT2D eigenvalue weighted by molar-refractivity contribution is 5.93. The van der Waals surface area contributed by atoms with Crippen molar-refractivity contribution in [2.45, 2.75) is 44.3 Å². The second-order valence-electron chi connectivity index (χ2n) is 5.37. The van der Waals surface area contributed by atoms with Gasteiger partial charge in [0, 0.05) is 31.4 Å². The van der Waals surface area contributed by atoms with Crippen LogP contribution in [0.5, 0.6) is 0 Å². The van der Waals surface area contributed by atoms with Gasteiger partial charge >= 0.3 is 12.1 Å². The largest absolute Gasteiger partial charge is 0.481 e. The maximum atomic E-state index is 12.4. The van der Waals surface area contributed by atoms with E-state index in [0.717, 1.165) is 25.2 Å². The first kappa shape index (κ1) is 17.2. The summed E-state index contributed by atoms with van der Waals surface area (Å²) in [6, 6.07) is -0.227. The van der Waals surface area contributed by atoms with Crippen LogP contribution in [0.2, 0.25) is 0 Å². The highest BCUT2D eigenvalue weighted by Gasteiger charge is 2.35. The molecule has 0 aliphatic carbocycles. The van der Waals surface area contributed by atoms with E-state index in [1.807, 2.05) is 0 Å². The van der Waals surface area contributed by atoms with Crippen molar-refractivity contribution in [2.24, 2.45) is 0 Å². The van der Waals surface area contributed by atoms with Crippen molar-refractivity contribution in [3.05, 3.63) is 23.8 Å². The minimum atomic E-state index is -4.66. The molecule has 0 spiro atoms. The number of carboxylic acids is 1. The molecule has 1 aromatic heterocycles. The van der Waals surface area contributed by atoms with Crippen LogP contribution in [0.4, 0.5) is 13.2 Å². The van der Waals surface area contributed by atoms with Crippen LogP contribution in [0.1, 0.15) is 48.3 Å². The molecule has 0 bridgehead atoms. The second-order valence-corrected chi connectivity index (χ2v) is 5.37. The first-order valence-corrected chi connectivity index (χ1v) is 7.21. The summed E-state index contributed by atoms with van der Waals surface area (Å²) in [6.07, 6.45) is -0.325. The van der Waals surface area contributed by atoms with Crippen molar-refractivity contribution in [2.75, 3.05) is 6.54 Å². The average Bonchev–Trinajstić information content (AvgIpc) is 2.52. The number of carbonyl (C=O) groups excluding carboxylic acids is 1. The molecule has 1 amide bonds. The van der Waals surface area contributed by atoms with Crippen LogP contribution < -0.4 is 0 Å². The van der Waals surface area contributed by atoms with Crippen LogP contribution in [0.15, 0.2) is 12.4 Å². The predicted octanol–water partition coefficient (Wildman–Crippen LogP) is 2.35. The number of carbonyl (C=O) groups is 2. The number of carboxylic acid groups (broad SMARTS) is 1. The van der Waals surface area contributed by atoms with Crippen molar-refractivity contribution in [3.63, 3.8) is 0 Å². The molecule has 0 radical (unpaired) electrons. The van der Waals surface area contributed by atoms with E-state index < -0.39 is 23.9 Å². The molecule has 1 fully saturated rings. The monoisotopic (exact) mass is 331 g/mol. The molecular weight excluding hydrogens is 315 g/mol. The molecule has 126 valence electrons. The second kappa shape index (κ2) is 6.93. The lowest BCUT2D eigenvalue weighted by Crippen LogP contribution is -2.44. The number of aliphatic carboxylic acids is 1. The van der Waals surface area contributed by atoms with Gasteiger partial charge in [-0.3, -0.25) is 9.59 Å². The SMILES string of the molecule is O=C(O)CCC1CCCCN1C(=O)c1cnc(C(F)(F)F)nc1. The Bertz CT molecular complexity index is 575. The number of amides is 1. The molecule has 0 saturated carbocycles. The van der Waals surface area contributed by atoms with E-state index in [0.29, 0.717) is 19.4 Å². The van der Waals surface area contributed by atoms with Crippen LogP contribution in [-0.4, -0.2) is 44.4 Å². The quantitative estimate of drug-likeness (QED) is 0.916. The molecule has 9 heteroatoms. The van der Waals surface area contributed by atoms with Gasteiger partial charge in [-0.2, -0.15) is 13.2 Å². The van der Waals surface area contributed by atoms with Gasteiger partial charge in [-0.25, -0.2) is 9.97 Å². The zero-order chi connectivity index (χ0) is 17.0. The van der Waals surface area contributed by atoms with E-state index in [2.05, 4.69) is 9.97 Å². The fourth-order valence-corrected chi connectivity index (χ4v) is 2.61. The third-order valence-electron chi connectivity index (χ3n) is 3.73. The van der Waals surface area contributed by atoms with Gasteiger partial charge in [-0.1, -0.05) is 0 Å². The molecule has 6 nitrogen and oxygen atoms in total. The molecule has 2 heterocycles. The summed E-state index contributed by atoms with van der Waals surface area (Å²) in [5.41, 5.74) is -0.0276. The summed E-state index contributed by atoms with van der Waals surface area (Å²) >= 11 is 0. The van der Waals surface area contributed by atoms with E-state index in [9.17, 15) is 22.8 Å². The van der Waals surface area contributed by atoms with Crippen LogP contribution in [0.3, 0.4) is 0 Å².